The van der Waals surface area contributed by atoms with Crippen molar-refractivity contribution in [3.63, 3.8) is 0 Å². The van der Waals surface area contributed by atoms with Crippen LogP contribution in [0.15, 0.2) is 29.2 Å². The van der Waals surface area contributed by atoms with E-state index in [1.807, 2.05) is 6.92 Å². The topological polar surface area (TPSA) is 21.3 Å². The monoisotopic (exact) mass is 279 g/mol. The molecule has 6 heteroatoms. The zero-order chi connectivity index (χ0) is 13.6. The molecule has 0 heterocycles. The molecule has 2 nitrogen and oxygen atoms in total. The molecule has 0 saturated carbocycles. The molecular weight excluding hydrogens is 263 g/mol. The van der Waals surface area contributed by atoms with Crippen LogP contribution in [-0.4, -0.2) is 25.3 Å². The number of methoxy groups -OCH3 is 1. The van der Waals surface area contributed by atoms with Gasteiger partial charge in [0.25, 0.3) is 0 Å². The number of ether oxygens (including phenoxy) is 1. The lowest BCUT2D eigenvalue weighted by molar-refractivity contribution is -0.0327. The first kappa shape index (κ1) is 15.2. The smallest absolute Gasteiger partial charge is 0.383 e. The lowest BCUT2D eigenvalue weighted by Crippen LogP contribution is -2.24. The summed E-state index contributed by atoms with van der Waals surface area (Å²) in [5, 5.41) is 3.07. The van der Waals surface area contributed by atoms with Crippen LogP contribution in [0.3, 0.4) is 0 Å². The number of nitrogens with one attached hydrogen (secondary N) is 1. The number of rotatable bonds is 6. The van der Waals surface area contributed by atoms with Gasteiger partial charge in [0.2, 0.25) is 0 Å². The summed E-state index contributed by atoms with van der Waals surface area (Å²) >= 11 is -0.105. The maximum Gasteiger partial charge on any atom is 0.446 e. The van der Waals surface area contributed by atoms with E-state index in [-0.39, 0.29) is 22.7 Å². The lowest BCUT2D eigenvalue weighted by Gasteiger charge is -2.19. The highest BCUT2D eigenvalue weighted by atomic mass is 32.2. The second-order valence-corrected chi connectivity index (χ2v) is 4.86. The van der Waals surface area contributed by atoms with Gasteiger partial charge in [0.1, 0.15) is 0 Å². The molecule has 1 N–H and O–H groups in total. The van der Waals surface area contributed by atoms with Crippen LogP contribution in [0.4, 0.5) is 18.9 Å². The second kappa shape index (κ2) is 6.89. The minimum atomic E-state index is -4.28. The molecule has 0 aliphatic rings. The van der Waals surface area contributed by atoms with Crippen molar-refractivity contribution in [3.8, 4) is 0 Å². The molecule has 18 heavy (non-hydrogen) atoms. The van der Waals surface area contributed by atoms with Crippen molar-refractivity contribution in [2.24, 2.45) is 0 Å². The molecular formula is C12H16F3NOS. The van der Waals surface area contributed by atoms with Gasteiger partial charge in [-0.2, -0.15) is 13.2 Å². The number of hydrogen-bond donors (Lipinski definition) is 1. The Morgan fingerprint density at radius 2 is 2.00 bits per heavy atom. The van der Waals surface area contributed by atoms with Gasteiger partial charge in [0, 0.05) is 23.7 Å². The van der Waals surface area contributed by atoms with Gasteiger partial charge in [-0.1, -0.05) is 19.1 Å². The molecule has 0 spiro atoms. The van der Waals surface area contributed by atoms with E-state index in [2.05, 4.69) is 5.32 Å². The molecule has 102 valence electrons. The number of hydrogen-bond acceptors (Lipinski definition) is 3. The molecule has 1 atom stereocenters. The first-order chi connectivity index (χ1) is 8.46. The predicted octanol–water partition coefficient (Wildman–Crippen LogP) is 4.14. The van der Waals surface area contributed by atoms with Crippen LogP contribution in [0.25, 0.3) is 0 Å². The maximum atomic E-state index is 12.4. The van der Waals surface area contributed by atoms with Crippen molar-refractivity contribution >= 4 is 17.4 Å². The molecule has 1 rings (SSSR count). The molecule has 0 aromatic heterocycles. The number of para-hydroxylation sites is 1. The molecule has 0 radical (unpaired) electrons. The fourth-order valence-corrected chi connectivity index (χ4v) is 2.12. The maximum absolute atomic E-state index is 12.4. The van der Waals surface area contributed by atoms with Gasteiger partial charge in [0.15, 0.2) is 0 Å². The van der Waals surface area contributed by atoms with Crippen LogP contribution >= 0.6 is 11.8 Å². The third-order valence-corrected chi connectivity index (χ3v) is 3.14. The second-order valence-electron chi connectivity index (χ2n) is 3.75. The summed E-state index contributed by atoms with van der Waals surface area (Å²) in [6, 6.07) is 6.41. The number of benzene rings is 1. The molecule has 0 amide bonds. The van der Waals surface area contributed by atoms with Crippen molar-refractivity contribution in [2.75, 3.05) is 19.0 Å². The Kier molecular flexibility index (Phi) is 5.81. The van der Waals surface area contributed by atoms with Gasteiger partial charge in [-0.15, -0.1) is 0 Å². The van der Waals surface area contributed by atoms with E-state index in [1.165, 1.54) is 6.07 Å². The van der Waals surface area contributed by atoms with E-state index < -0.39 is 5.51 Å². The summed E-state index contributed by atoms with van der Waals surface area (Å²) < 4.78 is 42.2. The van der Waals surface area contributed by atoms with Crippen LogP contribution < -0.4 is 5.32 Å². The third-order valence-electron chi connectivity index (χ3n) is 2.33. The SMILES string of the molecule is CCC(COC)Nc1ccccc1SC(F)(F)F. The molecule has 0 aliphatic heterocycles. The van der Waals surface area contributed by atoms with Crippen molar-refractivity contribution < 1.29 is 17.9 Å². The number of anilines is 1. The number of thioether (sulfide) groups is 1. The fourth-order valence-electron chi connectivity index (χ4n) is 1.48. The number of halogens is 3. The predicted molar refractivity (Wildman–Crippen MR) is 67.9 cm³/mol. The number of alkyl halides is 3. The summed E-state index contributed by atoms with van der Waals surface area (Å²) in [6.45, 7) is 2.41. The Balaban J connectivity index is 2.81. The van der Waals surface area contributed by atoms with Crippen LogP contribution in [0.5, 0.6) is 0 Å². The Hall–Kier alpha value is -0.880. The summed E-state index contributed by atoms with van der Waals surface area (Å²) in [4.78, 5) is 0.180. The van der Waals surface area contributed by atoms with Gasteiger partial charge in [-0.25, -0.2) is 0 Å². The normalized spacial score (nSPS) is 13.4. The Labute approximate surface area is 109 Å². The zero-order valence-electron chi connectivity index (χ0n) is 10.3. The minimum absolute atomic E-state index is 0.00461. The highest BCUT2D eigenvalue weighted by molar-refractivity contribution is 8.00. The van der Waals surface area contributed by atoms with Gasteiger partial charge < -0.3 is 10.1 Å². The first-order valence-corrected chi connectivity index (χ1v) is 6.38. The third kappa shape index (κ3) is 5.18. The van der Waals surface area contributed by atoms with E-state index in [4.69, 9.17) is 4.74 Å². The highest BCUT2D eigenvalue weighted by Gasteiger charge is 2.30. The van der Waals surface area contributed by atoms with Crippen LogP contribution in [-0.2, 0) is 4.74 Å². The minimum Gasteiger partial charge on any atom is -0.383 e. The molecule has 1 unspecified atom stereocenters. The van der Waals surface area contributed by atoms with Gasteiger partial charge in [-0.3, -0.25) is 0 Å². The van der Waals surface area contributed by atoms with Crippen molar-refractivity contribution in [3.05, 3.63) is 24.3 Å². The van der Waals surface area contributed by atoms with Gasteiger partial charge in [0.05, 0.1) is 6.61 Å². The van der Waals surface area contributed by atoms with Crippen LogP contribution in [0, 0.1) is 0 Å². The van der Waals surface area contributed by atoms with E-state index in [0.717, 1.165) is 6.42 Å². The summed E-state index contributed by atoms with van der Waals surface area (Å²) in [5.41, 5.74) is -3.79. The Bertz CT molecular complexity index is 371. The largest absolute Gasteiger partial charge is 0.446 e. The van der Waals surface area contributed by atoms with Crippen LogP contribution in [0.1, 0.15) is 13.3 Å². The zero-order valence-corrected chi connectivity index (χ0v) is 11.1. The Morgan fingerprint density at radius 3 is 2.56 bits per heavy atom. The quantitative estimate of drug-likeness (QED) is 0.791. The van der Waals surface area contributed by atoms with Crippen molar-refractivity contribution in [2.45, 2.75) is 29.8 Å². The van der Waals surface area contributed by atoms with E-state index in [1.54, 1.807) is 25.3 Å². The summed E-state index contributed by atoms with van der Waals surface area (Å²) in [6.07, 6.45) is 0.777. The Morgan fingerprint density at radius 1 is 1.33 bits per heavy atom. The van der Waals surface area contributed by atoms with E-state index in [0.29, 0.717) is 12.3 Å². The van der Waals surface area contributed by atoms with Gasteiger partial charge >= 0.3 is 5.51 Å². The average Bonchev–Trinajstić information content (AvgIpc) is 2.29. The van der Waals surface area contributed by atoms with Crippen LogP contribution in [0.2, 0.25) is 0 Å². The molecule has 0 fully saturated rings. The van der Waals surface area contributed by atoms with Crippen molar-refractivity contribution in [1.29, 1.82) is 0 Å². The fraction of sp³-hybridized carbons (Fsp3) is 0.500. The van der Waals surface area contributed by atoms with Crippen molar-refractivity contribution in [1.82, 2.24) is 0 Å². The van der Waals surface area contributed by atoms with E-state index in [9.17, 15) is 13.2 Å². The molecule has 1 aromatic carbocycles. The molecule has 0 bridgehead atoms. The van der Waals surface area contributed by atoms with E-state index >= 15 is 0 Å². The standard InChI is InChI=1S/C12H16F3NOS/c1-3-9(8-17-2)16-10-6-4-5-7-11(10)18-12(13,14)15/h4-7,9,16H,3,8H2,1-2H3. The highest BCUT2D eigenvalue weighted by Crippen LogP contribution is 2.40. The average molecular weight is 279 g/mol. The summed E-state index contributed by atoms with van der Waals surface area (Å²) in [7, 11) is 1.57. The lowest BCUT2D eigenvalue weighted by atomic mass is 10.2. The first-order valence-electron chi connectivity index (χ1n) is 5.56. The molecule has 1 aromatic rings. The molecule has 0 aliphatic carbocycles. The summed E-state index contributed by atoms with van der Waals surface area (Å²) in [5.74, 6) is 0. The van der Waals surface area contributed by atoms with Gasteiger partial charge in [-0.05, 0) is 30.3 Å². The molecule has 0 saturated heterocycles.